The van der Waals surface area contributed by atoms with Crippen molar-refractivity contribution >= 4 is 15.9 Å². The van der Waals surface area contributed by atoms with Crippen LogP contribution in [0.1, 0.15) is 25.0 Å². The highest BCUT2D eigenvalue weighted by atomic mass is 79.9. The van der Waals surface area contributed by atoms with E-state index in [1.54, 1.807) is 0 Å². The summed E-state index contributed by atoms with van der Waals surface area (Å²) < 4.78 is 6.92. The molecular formula is C14H20BrNO. The molecule has 1 aromatic rings. The summed E-state index contributed by atoms with van der Waals surface area (Å²) in [6, 6.07) is 4.87. The minimum absolute atomic E-state index is 0.498. The molecule has 1 aromatic carbocycles. The number of hydrogen-bond donors (Lipinski definition) is 1. The van der Waals surface area contributed by atoms with Crippen LogP contribution in [0, 0.1) is 5.92 Å². The van der Waals surface area contributed by atoms with Gasteiger partial charge < -0.3 is 10.1 Å². The highest BCUT2D eigenvalue weighted by Crippen LogP contribution is 2.34. The Morgan fingerprint density at radius 1 is 1.41 bits per heavy atom. The lowest BCUT2D eigenvalue weighted by atomic mass is 9.95. The van der Waals surface area contributed by atoms with Crippen LogP contribution in [-0.4, -0.2) is 19.7 Å². The molecule has 3 heteroatoms. The number of nitrogens with one attached hydrogen (secondary N) is 1. The molecule has 2 nitrogen and oxygen atoms in total. The van der Waals surface area contributed by atoms with Crippen molar-refractivity contribution in [2.45, 2.75) is 32.7 Å². The van der Waals surface area contributed by atoms with Crippen molar-refractivity contribution in [1.82, 2.24) is 5.32 Å². The van der Waals surface area contributed by atoms with Crippen LogP contribution in [0.25, 0.3) is 0 Å². The van der Waals surface area contributed by atoms with Crippen LogP contribution < -0.4 is 10.1 Å². The van der Waals surface area contributed by atoms with E-state index in [4.69, 9.17) is 4.74 Å². The SMILES string of the molecule is CNC(Cc1cc(Br)cc2c1OCC2)C(C)C. The number of halogens is 1. The minimum Gasteiger partial charge on any atom is -0.493 e. The van der Waals surface area contributed by atoms with Gasteiger partial charge in [-0.25, -0.2) is 0 Å². The summed E-state index contributed by atoms with van der Waals surface area (Å²) in [7, 11) is 2.03. The quantitative estimate of drug-likeness (QED) is 0.922. The maximum atomic E-state index is 5.76. The zero-order valence-corrected chi connectivity index (χ0v) is 12.3. The van der Waals surface area contributed by atoms with Gasteiger partial charge in [0.05, 0.1) is 6.61 Å². The number of fused-ring (bicyclic) bond motifs is 1. The fraction of sp³-hybridized carbons (Fsp3) is 0.571. The topological polar surface area (TPSA) is 21.3 Å². The summed E-state index contributed by atoms with van der Waals surface area (Å²) in [6.07, 6.45) is 2.06. The van der Waals surface area contributed by atoms with Crippen molar-refractivity contribution in [3.8, 4) is 5.75 Å². The van der Waals surface area contributed by atoms with E-state index in [2.05, 4.69) is 47.2 Å². The molecule has 0 amide bonds. The van der Waals surface area contributed by atoms with Gasteiger partial charge in [0.15, 0.2) is 0 Å². The van der Waals surface area contributed by atoms with Gasteiger partial charge in [-0.2, -0.15) is 0 Å². The molecule has 0 bridgehead atoms. The first-order valence-electron chi connectivity index (χ1n) is 6.23. The Bertz CT molecular complexity index is 403. The Hall–Kier alpha value is -0.540. The van der Waals surface area contributed by atoms with Crippen LogP contribution in [0.15, 0.2) is 16.6 Å². The fourth-order valence-electron chi connectivity index (χ4n) is 2.41. The minimum atomic E-state index is 0.498. The molecule has 0 aliphatic carbocycles. The van der Waals surface area contributed by atoms with E-state index in [1.165, 1.54) is 11.1 Å². The molecule has 1 aliphatic rings. The van der Waals surface area contributed by atoms with Crippen molar-refractivity contribution in [2.75, 3.05) is 13.7 Å². The van der Waals surface area contributed by atoms with E-state index in [0.717, 1.165) is 29.7 Å². The van der Waals surface area contributed by atoms with E-state index in [-0.39, 0.29) is 0 Å². The van der Waals surface area contributed by atoms with Gasteiger partial charge >= 0.3 is 0 Å². The summed E-state index contributed by atoms with van der Waals surface area (Å²) in [5.74, 6) is 1.74. The number of rotatable bonds is 4. The monoisotopic (exact) mass is 297 g/mol. The normalized spacial score (nSPS) is 15.8. The lowest BCUT2D eigenvalue weighted by Crippen LogP contribution is -2.32. The first-order chi connectivity index (χ1) is 8.11. The third kappa shape index (κ3) is 2.83. The molecule has 0 saturated carbocycles. The predicted octanol–water partition coefficient (Wildman–Crippen LogP) is 3.17. The lowest BCUT2D eigenvalue weighted by Gasteiger charge is -2.21. The van der Waals surface area contributed by atoms with Crippen molar-refractivity contribution < 1.29 is 4.74 Å². The first-order valence-corrected chi connectivity index (χ1v) is 7.02. The van der Waals surface area contributed by atoms with E-state index in [1.807, 2.05) is 7.05 Å². The summed E-state index contributed by atoms with van der Waals surface area (Å²) in [5.41, 5.74) is 2.66. The maximum absolute atomic E-state index is 5.76. The van der Waals surface area contributed by atoms with Crippen molar-refractivity contribution in [3.05, 3.63) is 27.7 Å². The summed E-state index contributed by atoms with van der Waals surface area (Å²) in [5, 5.41) is 3.39. The van der Waals surface area contributed by atoms with Gasteiger partial charge in [-0.15, -0.1) is 0 Å². The van der Waals surface area contributed by atoms with Gasteiger partial charge in [0.1, 0.15) is 5.75 Å². The number of hydrogen-bond acceptors (Lipinski definition) is 2. The molecule has 0 fully saturated rings. The van der Waals surface area contributed by atoms with E-state index >= 15 is 0 Å². The van der Waals surface area contributed by atoms with Gasteiger partial charge in [-0.3, -0.25) is 0 Å². The number of likely N-dealkylation sites (N-methyl/N-ethyl adjacent to an activating group) is 1. The van der Waals surface area contributed by atoms with E-state index < -0.39 is 0 Å². The number of benzene rings is 1. The predicted molar refractivity (Wildman–Crippen MR) is 74.7 cm³/mol. The molecule has 1 aliphatic heterocycles. The van der Waals surface area contributed by atoms with Crippen LogP contribution >= 0.6 is 15.9 Å². The highest BCUT2D eigenvalue weighted by molar-refractivity contribution is 9.10. The van der Waals surface area contributed by atoms with E-state index in [0.29, 0.717) is 12.0 Å². The van der Waals surface area contributed by atoms with Gasteiger partial charge in [0.2, 0.25) is 0 Å². The van der Waals surface area contributed by atoms with Crippen LogP contribution in [0.4, 0.5) is 0 Å². The third-order valence-electron chi connectivity index (χ3n) is 3.44. The fourth-order valence-corrected chi connectivity index (χ4v) is 2.96. The van der Waals surface area contributed by atoms with Crippen molar-refractivity contribution in [2.24, 2.45) is 5.92 Å². The van der Waals surface area contributed by atoms with Crippen molar-refractivity contribution in [3.63, 3.8) is 0 Å². The van der Waals surface area contributed by atoms with Crippen LogP contribution in [0.5, 0.6) is 5.75 Å². The first kappa shape index (κ1) is 12.9. The highest BCUT2D eigenvalue weighted by Gasteiger charge is 2.20. The second-order valence-corrected chi connectivity index (χ2v) is 5.91. The number of ether oxygens (including phenoxy) is 1. The molecule has 0 radical (unpaired) electrons. The molecule has 1 unspecified atom stereocenters. The Morgan fingerprint density at radius 2 is 2.18 bits per heavy atom. The Morgan fingerprint density at radius 3 is 2.82 bits per heavy atom. The maximum Gasteiger partial charge on any atom is 0.125 e. The van der Waals surface area contributed by atoms with Gasteiger partial charge in [0.25, 0.3) is 0 Å². The third-order valence-corrected chi connectivity index (χ3v) is 3.90. The Balaban J connectivity index is 2.26. The molecule has 0 spiro atoms. The van der Waals surface area contributed by atoms with Crippen LogP contribution in [0.3, 0.4) is 0 Å². The average molecular weight is 298 g/mol. The Kier molecular flexibility index (Phi) is 4.10. The molecule has 17 heavy (non-hydrogen) atoms. The molecule has 0 aromatic heterocycles. The van der Waals surface area contributed by atoms with E-state index in [9.17, 15) is 0 Å². The average Bonchev–Trinajstić information content (AvgIpc) is 2.72. The van der Waals surface area contributed by atoms with Gasteiger partial charge in [-0.1, -0.05) is 29.8 Å². The Labute approximate surface area is 112 Å². The molecular weight excluding hydrogens is 278 g/mol. The van der Waals surface area contributed by atoms with Crippen molar-refractivity contribution in [1.29, 1.82) is 0 Å². The summed E-state index contributed by atoms with van der Waals surface area (Å²) in [6.45, 7) is 5.32. The molecule has 1 N–H and O–H groups in total. The molecule has 94 valence electrons. The molecule has 0 saturated heterocycles. The lowest BCUT2D eigenvalue weighted by molar-refractivity contribution is 0.348. The second kappa shape index (κ2) is 5.40. The molecule has 2 rings (SSSR count). The molecule has 1 atom stereocenters. The zero-order valence-electron chi connectivity index (χ0n) is 10.7. The summed E-state index contributed by atoms with van der Waals surface area (Å²) >= 11 is 3.59. The smallest absolute Gasteiger partial charge is 0.125 e. The van der Waals surface area contributed by atoms with Gasteiger partial charge in [-0.05, 0) is 42.6 Å². The molecule has 1 heterocycles. The van der Waals surface area contributed by atoms with Crippen LogP contribution in [-0.2, 0) is 12.8 Å². The standard InChI is InChI=1S/C14H20BrNO/c1-9(2)13(16-3)8-11-7-12(15)6-10-4-5-17-14(10)11/h6-7,9,13,16H,4-5,8H2,1-3H3. The summed E-state index contributed by atoms with van der Waals surface area (Å²) in [4.78, 5) is 0. The van der Waals surface area contributed by atoms with Gasteiger partial charge in [0, 0.05) is 16.9 Å². The largest absolute Gasteiger partial charge is 0.493 e. The van der Waals surface area contributed by atoms with Crippen LogP contribution in [0.2, 0.25) is 0 Å². The zero-order chi connectivity index (χ0) is 12.4. The second-order valence-electron chi connectivity index (χ2n) is 4.99.